The molecular formula is C54H60Br2O4. The fraction of sp³-hybridized carbons (Fsp3) is 0.333. The van der Waals surface area contributed by atoms with Gasteiger partial charge in [0, 0.05) is 11.1 Å². The normalized spacial score (nSPS) is 11.1. The highest BCUT2D eigenvalue weighted by Gasteiger charge is 2.16. The van der Waals surface area contributed by atoms with Crippen molar-refractivity contribution in [1.82, 2.24) is 0 Å². The van der Waals surface area contributed by atoms with Crippen molar-refractivity contribution in [1.29, 1.82) is 0 Å². The minimum atomic E-state index is 0.651. The molecule has 0 heterocycles. The van der Waals surface area contributed by atoms with Gasteiger partial charge in [0.25, 0.3) is 0 Å². The smallest absolute Gasteiger partial charge is 0.134 e. The van der Waals surface area contributed by atoms with E-state index in [0.29, 0.717) is 13.2 Å². The molecule has 314 valence electrons. The summed E-state index contributed by atoms with van der Waals surface area (Å²) in [5.41, 5.74) is 11.9. The Morgan fingerprint density at radius 2 is 0.717 bits per heavy atom. The lowest BCUT2D eigenvalue weighted by Gasteiger charge is -2.18. The fourth-order valence-electron chi connectivity index (χ4n) is 7.53. The third-order valence-electron chi connectivity index (χ3n) is 11.2. The summed E-state index contributed by atoms with van der Waals surface area (Å²) in [4.78, 5) is 0. The lowest BCUT2D eigenvalue weighted by molar-refractivity contribution is 0.296. The summed E-state index contributed by atoms with van der Waals surface area (Å²) in [6, 6.07) is 43.9. The van der Waals surface area contributed by atoms with Crippen molar-refractivity contribution in [3.05, 3.63) is 141 Å². The van der Waals surface area contributed by atoms with Crippen molar-refractivity contribution in [3.63, 3.8) is 0 Å². The molecule has 0 amide bonds. The van der Waals surface area contributed by atoms with Crippen LogP contribution in [-0.2, 0) is 12.8 Å². The zero-order chi connectivity index (χ0) is 42.1. The number of rotatable bonds is 23. The van der Waals surface area contributed by atoms with E-state index in [-0.39, 0.29) is 0 Å². The predicted molar refractivity (Wildman–Crippen MR) is 259 cm³/mol. The zero-order valence-electron chi connectivity index (χ0n) is 35.8. The summed E-state index contributed by atoms with van der Waals surface area (Å²) < 4.78 is 26.0. The quantitative estimate of drug-likeness (QED) is 0.0600. The molecule has 0 spiro atoms. The predicted octanol–water partition coefficient (Wildman–Crippen LogP) is 16.4. The topological polar surface area (TPSA) is 36.9 Å². The molecule has 0 aromatic heterocycles. The van der Waals surface area contributed by atoms with Crippen LogP contribution in [0.1, 0.15) is 89.2 Å². The molecule has 0 saturated heterocycles. The molecule has 60 heavy (non-hydrogen) atoms. The van der Waals surface area contributed by atoms with Crippen LogP contribution in [0.3, 0.4) is 0 Å². The van der Waals surface area contributed by atoms with E-state index in [2.05, 4.69) is 155 Å². The highest BCUT2D eigenvalue weighted by molar-refractivity contribution is 9.11. The molecule has 0 aliphatic carbocycles. The second-order valence-corrected chi connectivity index (χ2v) is 17.2. The van der Waals surface area contributed by atoms with Crippen LogP contribution >= 0.6 is 31.9 Å². The second-order valence-electron chi connectivity index (χ2n) is 15.5. The molecule has 4 nitrogen and oxygen atoms in total. The minimum Gasteiger partial charge on any atom is -0.496 e. The number of benzene rings is 6. The van der Waals surface area contributed by atoms with Gasteiger partial charge in [-0.05, 0) is 139 Å². The van der Waals surface area contributed by atoms with E-state index in [1.165, 1.54) is 65.5 Å². The summed E-state index contributed by atoms with van der Waals surface area (Å²) in [6.07, 6.45) is 13.7. The van der Waals surface area contributed by atoms with Gasteiger partial charge in [-0.2, -0.15) is 0 Å². The molecule has 6 aromatic carbocycles. The lowest BCUT2D eigenvalue weighted by Crippen LogP contribution is -2.01. The van der Waals surface area contributed by atoms with E-state index in [0.717, 1.165) is 99.1 Å². The average molecular weight is 933 g/mol. The van der Waals surface area contributed by atoms with E-state index < -0.39 is 0 Å². The van der Waals surface area contributed by atoms with Crippen molar-refractivity contribution in [3.8, 4) is 67.5 Å². The first-order chi connectivity index (χ1) is 29.4. The first-order valence-electron chi connectivity index (χ1n) is 21.8. The van der Waals surface area contributed by atoms with Gasteiger partial charge in [0.15, 0.2) is 0 Å². The van der Waals surface area contributed by atoms with Gasteiger partial charge >= 0.3 is 0 Å². The van der Waals surface area contributed by atoms with E-state index >= 15 is 0 Å². The van der Waals surface area contributed by atoms with Crippen molar-refractivity contribution >= 4 is 31.9 Å². The van der Waals surface area contributed by atoms with Gasteiger partial charge in [0.05, 0.1) is 36.4 Å². The maximum absolute atomic E-state index is 6.68. The highest BCUT2D eigenvalue weighted by atomic mass is 79.9. The van der Waals surface area contributed by atoms with Crippen LogP contribution in [0.25, 0.3) is 44.5 Å². The summed E-state index contributed by atoms with van der Waals surface area (Å²) in [7, 11) is 3.42. The zero-order valence-corrected chi connectivity index (χ0v) is 39.0. The van der Waals surface area contributed by atoms with Crippen LogP contribution < -0.4 is 18.9 Å². The van der Waals surface area contributed by atoms with Gasteiger partial charge in [0.2, 0.25) is 0 Å². The number of ether oxygens (including phenoxy) is 4. The molecule has 6 aromatic rings. The Morgan fingerprint density at radius 3 is 1.17 bits per heavy atom. The SMILES string of the molecule is CCCCc1ccc(-c2ccc(-c3cc(OCCCCCCCCOc4cc(Br)c(OC)cc4Br)c(-c4ccc(-c5ccc(CCCC)cc5)cc4)cc3OC)cc2)cc1. The van der Waals surface area contributed by atoms with E-state index in [1.807, 2.05) is 12.1 Å². The third kappa shape index (κ3) is 12.5. The largest absolute Gasteiger partial charge is 0.496 e. The first kappa shape index (κ1) is 45.0. The van der Waals surface area contributed by atoms with Crippen molar-refractivity contribution in [2.24, 2.45) is 0 Å². The lowest BCUT2D eigenvalue weighted by atomic mass is 9.94. The van der Waals surface area contributed by atoms with Gasteiger partial charge in [0.1, 0.15) is 23.0 Å². The average Bonchev–Trinajstić information content (AvgIpc) is 3.29. The van der Waals surface area contributed by atoms with Gasteiger partial charge < -0.3 is 18.9 Å². The molecule has 0 bridgehead atoms. The van der Waals surface area contributed by atoms with Crippen molar-refractivity contribution < 1.29 is 18.9 Å². The molecule has 0 fully saturated rings. The van der Waals surface area contributed by atoms with Gasteiger partial charge in [-0.25, -0.2) is 0 Å². The number of aryl methyl sites for hydroxylation is 2. The van der Waals surface area contributed by atoms with Crippen LogP contribution in [0.2, 0.25) is 0 Å². The number of halogens is 2. The summed E-state index contributed by atoms with van der Waals surface area (Å²) in [6.45, 7) is 5.82. The number of methoxy groups -OCH3 is 2. The Balaban J connectivity index is 1.12. The van der Waals surface area contributed by atoms with Gasteiger partial charge in [-0.3, -0.25) is 0 Å². The Morgan fingerprint density at radius 1 is 0.367 bits per heavy atom. The Kier molecular flexibility index (Phi) is 17.6. The number of hydrogen-bond acceptors (Lipinski definition) is 4. The van der Waals surface area contributed by atoms with Gasteiger partial charge in [-0.1, -0.05) is 149 Å². The number of hydrogen-bond donors (Lipinski definition) is 0. The van der Waals surface area contributed by atoms with Crippen LogP contribution in [0, 0.1) is 0 Å². The third-order valence-corrected chi connectivity index (χ3v) is 12.4. The van der Waals surface area contributed by atoms with E-state index in [9.17, 15) is 0 Å². The van der Waals surface area contributed by atoms with Crippen LogP contribution in [-0.4, -0.2) is 27.4 Å². The minimum absolute atomic E-state index is 0.651. The Bertz CT molecular complexity index is 2210. The molecule has 0 atom stereocenters. The molecular weight excluding hydrogens is 872 g/mol. The molecule has 0 radical (unpaired) electrons. The maximum atomic E-state index is 6.68. The Labute approximate surface area is 375 Å². The first-order valence-corrected chi connectivity index (χ1v) is 23.4. The summed E-state index contributed by atoms with van der Waals surface area (Å²) in [5, 5.41) is 0. The maximum Gasteiger partial charge on any atom is 0.134 e. The molecule has 6 rings (SSSR count). The number of unbranched alkanes of at least 4 members (excludes halogenated alkanes) is 7. The molecule has 0 saturated carbocycles. The van der Waals surface area contributed by atoms with E-state index in [4.69, 9.17) is 18.9 Å². The van der Waals surface area contributed by atoms with Gasteiger partial charge in [-0.15, -0.1) is 0 Å². The molecule has 0 aliphatic heterocycles. The van der Waals surface area contributed by atoms with Crippen molar-refractivity contribution in [2.75, 3.05) is 27.4 Å². The fourth-order valence-corrected chi connectivity index (χ4v) is 8.45. The van der Waals surface area contributed by atoms with Crippen LogP contribution in [0.4, 0.5) is 0 Å². The van der Waals surface area contributed by atoms with E-state index in [1.54, 1.807) is 14.2 Å². The molecule has 0 N–H and O–H groups in total. The van der Waals surface area contributed by atoms with Crippen LogP contribution in [0.15, 0.2) is 130 Å². The molecule has 0 unspecified atom stereocenters. The summed E-state index contributed by atoms with van der Waals surface area (Å²) >= 11 is 7.14. The molecule has 6 heteroatoms. The second kappa shape index (κ2) is 23.5. The summed E-state index contributed by atoms with van der Waals surface area (Å²) in [5.74, 6) is 3.30. The molecule has 0 aliphatic rings. The van der Waals surface area contributed by atoms with Crippen LogP contribution in [0.5, 0.6) is 23.0 Å². The highest BCUT2D eigenvalue weighted by Crippen LogP contribution is 2.42. The van der Waals surface area contributed by atoms with Crippen molar-refractivity contribution in [2.45, 2.75) is 90.9 Å². The Hall–Kier alpha value is -4.52. The monoisotopic (exact) mass is 930 g/mol. The standard InChI is InChI=1S/C54H60Br2O4/c1-5-7-15-39-17-21-41(22-18-39)43-25-29-45(30-26-43)47-36-52(59-33-13-11-9-10-12-14-34-60-54-38-49(55)53(58-4)37-50(54)56)48(35-51(47)57-3)46-31-27-44(28-32-46)42-23-19-40(20-24-42)16-8-6-2/h17-32,35-38H,5-16,33-34H2,1-4H3.